The van der Waals surface area contributed by atoms with Crippen molar-refractivity contribution in [2.75, 3.05) is 12.3 Å². The summed E-state index contributed by atoms with van der Waals surface area (Å²) in [5.41, 5.74) is 5.77. The van der Waals surface area contributed by atoms with Crippen molar-refractivity contribution in [1.29, 1.82) is 0 Å². The first-order chi connectivity index (χ1) is 8.08. The third-order valence-electron chi connectivity index (χ3n) is 2.54. The molecule has 94 valence electrons. The number of aliphatic hydroxyl groups is 1. The van der Waals surface area contributed by atoms with Gasteiger partial charge in [0.15, 0.2) is 0 Å². The standard InChI is InChI=1S/C12H17FN2O2/c1-2-9(5-6-16)15-12(17)10-7-8(14)3-4-11(10)13/h3-4,7,9,16H,2,5-6,14H2,1H3,(H,15,17). The summed E-state index contributed by atoms with van der Waals surface area (Å²) < 4.78 is 13.4. The molecule has 1 unspecified atom stereocenters. The maximum Gasteiger partial charge on any atom is 0.254 e. The van der Waals surface area contributed by atoms with Crippen molar-refractivity contribution in [2.24, 2.45) is 0 Å². The van der Waals surface area contributed by atoms with E-state index in [-0.39, 0.29) is 18.2 Å². The minimum atomic E-state index is -0.601. The third kappa shape index (κ3) is 3.71. The van der Waals surface area contributed by atoms with Crippen LogP contribution in [0.5, 0.6) is 0 Å². The Hall–Kier alpha value is -1.62. The van der Waals surface area contributed by atoms with Gasteiger partial charge in [-0.25, -0.2) is 4.39 Å². The molecule has 0 fully saturated rings. The first-order valence-corrected chi connectivity index (χ1v) is 5.55. The van der Waals surface area contributed by atoms with Crippen LogP contribution in [-0.2, 0) is 0 Å². The highest BCUT2D eigenvalue weighted by atomic mass is 19.1. The van der Waals surface area contributed by atoms with Crippen molar-refractivity contribution in [3.05, 3.63) is 29.6 Å². The summed E-state index contributed by atoms with van der Waals surface area (Å²) in [5.74, 6) is -1.11. The quantitative estimate of drug-likeness (QED) is 0.679. The van der Waals surface area contributed by atoms with Gasteiger partial charge in [-0.3, -0.25) is 4.79 Å². The molecule has 4 nitrogen and oxygen atoms in total. The molecule has 0 aliphatic rings. The van der Waals surface area contributed by atoms with Crippen molar-refractivity contribution in [1.82, 2.24) is 5.32 Å². The molecule has 0 bridgehead atoms. The molecule has 1 aromatic rings. The van der Waals surface area contributed by atoms with Crippen LogP contribution in [0.3, 0.4) is 0 Å². The number of nitrogens with one attached hydrogen (secondary N) is 1. The van der Waals surface area contributed by atoms with Crippen LogP contribution < -0.4 is 11.1 Å². The van der Waals surface area contributed by atoms with Gasteiger partial charge >= 0.3 is 0 Å². The fourth-order valence-corrected chi connectivity index (χ4v) is 1.51. The lowest BCUT2D eigenvalue weighted by atomic mass is 10.1. The maximum atomic E-state index is 13.4. The Balaban J connectivity index is 2.78. The van der Waals surface area contributed by atoms with E-state index in [1.165, 1.54) is 12.1 Å². The number of amides is 1. The monoisotopic (exact) mass is 240 g/mol. The average molecular weight is 240 g/mol. The molecule has 1 atom stereocenters. The highest BCUT2D eigenvalue weighted by Crippen LogP contribution is 2.12. The molecule has 0 saturated carbocycles. The van der Waals surface area contributed by atoms with E-state index in [2.05, 4.69) is 5.32 Å². The lowest BCUT2D eigenvalue weighted by Gasteiger charge is -2.16. The molecular formula is C12H17FN2O2. The number of nitrogens with two attached hydrogens (primary N) is 1. The Kier molecular flexibility index (Phi) is 4.90. The van der Waals surface area contributed by atoms with Gasteiger partial charge in [0, 0.05) is 18.3 Å². The van der Waals surface area contributed by atoms with E-state index >= 15 is 0 Å². The van der Waals surface area contributed by atoms with Crippen LogP contribution in [0.4, 0.5) is 10.1 Å². The smallest absolute Gasteiger partial charge is 0.254 e. The number of rotatable bonds is 5. The van der Waals surface area contributed by atoms with Crippen LogP contribution in [0.2, 0.25) is 0 Å². The molecule has 5 heteroatoms. The second kappa shape index (κ2) is 6.20. The van der Waals surface area contributed by atoms with E-state index in [9.17, 15) is 9.18 Å². The summed E-state index contributed by atoms with van der Waals surface area (Å²) in [7, 11) is 0. The fourth-order valence-electron chi connectivity index (χ4n) is 1.51. The number of aliphatic hydroxyl groups excluding tert-OH is 1. The predicted octanol–water partition coefficient (Wildman–Crippen LogP) is 1.30. The minimum absolute atomic E-state index is 0.0157. The summed E-state index contributed by atoms with van der Waals surface area (Å²) in [6.07, 6.45) is 1.13. The van der Waals surface area contributed by atoms with Crippen LogP contribution in [0.25, 0.3) is 0 Å². The van der Waals surface area contributed by atoms with Crippen molar-refractivity contribution in [3.63, 3.8) is 0 Å². The molecule has 0 saturated heterocycles. The minimum Gasteiger partial charge on any atom is -0.399 e. The van der Waals surface area contributed by atoms with Crippen LogP contribution in [0.15, 0.2) is 18.2 Å². The number of nitrogen functional groups attached to an aromatic ring is 1. The topological polar surface area (TPSA) is 75.3 Å². The molecule has 1 aromatic carbocycles. The van der Waals surface area contributed by atoms with Gasteiger partial charge in [0.25, 0.3) is 5.91 Å². The van der Waals surface area contributed by atoms with E-state index in [0.29, 0.717) is 18.5 Å². The summed E-state index contributed by atoms with van der Waals surface area (Å²) in [6.45, 7) is 1.87. The number of anilines is 1. The van der Waals surface area contributed by atoms with Crippen molar-refractivity contribution in [3.8, 4) is 0 Å². The molecular weight excluding hydrogens is 223 g/mol. The van der Waals surface area contributed by atoms with Crippen molar-refractivity contribution in [2.45, 2.75) is 25.8 Å². The van der Waals surface area contributed by atoms with Gasteiger partial charge in [0.05, 0.1) is 5.56 Å². The molecule has 0 spiro atoms. The molecule has 4 N–H and O–H groups in total. The van der Waals surface area contributed by atoms with Gasteiger partial charge in [0.2, 0.25) is 0 Å². The SMILES string of the molecule is CCC(CCO)NC(=O)c1cc(N)ccc1F. The normalized spacial score (nSPS) is 12.2. The zero-order chi connectivity index (χ0) is 12.8. The van der Waals surface area contributed by atoms with Crippen LogP contribution in [0, 0.1) is 5.82 Å². The highest BCUT2D eigenvalue weighted by Gasteiger charge is 2.15. The van der Waals surface area contributed by atoms with Gasteiger partial charge in [-0.1, -0.05) is 6.92 Å². The van der Waals surface area contributed by atoms with Gasteiger partial charge in [-0.05, 0) is 31.0 Å². The van der Waals surface area contributed by atoms with Crippen molar-refractivity contribution >= 4 is 11.6 Å². The molecule has 1 amide bonds. The second-order valence-corrected chi connectivity index (χ2v) is 3.83. The number of carbonyl (C=O) groups excluding carboxylic acids is 1. The Bertz CT molecular complexity index is 396. The highest BCUT2D eigenvalue weighted by molar-refractivity contribution is 5.95. The van der Waals surface area contributed by atoms with Gasteiger partial charge in [0.1, 0.15) is 5.82 Å². The summed E-state index contributed by atoms with van der Waals surface area (Å²) in [4.78, 5) is 11.8. The molecule has 0 radical (unpaired) electrons. The number of benzene rings is 1. The zero-order valence-corrected chi connectivity index (χ0v) is 9.74. The lowest BCUT2D eigenvalue weighted by molar-refractivity contribution is 0.0925. The fraction of sp³-hybridized carbons (Fsp3) is 0.417. The second-order valence-electron chi connectivity index (χ2n) is 3.83. The van der Waals surface area contributed by atoms with Crippen LogP contribution in [-0.4, -0.2) is 23.7 Å². The van der Waals surface area contributed by atoms with E-state index in [4.69, 9.17) is 10.8 Å². The number of hydrogen-bond acceptors (Lipinski definition) is 3. The zero-order valence-electron chi connectivity index (χ0n) is 9.74. The number of hydrogen-bond donors (Lipinski definition) is 3. The summed E-state index contributed by atoms with van der Waals surface area (Å²) in [5, 5.41) is 11.5. The number of carbonyl (C=O) groups is 1. The van der Waals surface area contributed by atoms with Gasteiger partial charge in [-0.2, -0.15) is 0 Å². The van der Waals surface area contributed by atoms with E-state index in [0.717, 1.165) is 6.07 Å². The number of halogens is 1. The predicted molar refractivity (Wildman–Crippen MR) is 64.1 cm³/mol. The Morgan fingerprint density at radius 3 is 2.88 bits per heavy atom. The van der Waals surface area contributed by atoms with Crippen LogP contribution >= 0.6 is 0 Å². The van der Waals surface area contributed by atoms with Gasteiger partial charge < -0.3 is 16.2 Å². The Morgan fingerprint density at radius 2 is 2.29 bits per heavy atom. The van der Waals surface area contributed by atoms with E-state index in [1.54, 1.807) is 0 Å². The van der Waals surface area contributed by atoms with E-state index < -0.39 is 11.7 Å². The first-order valence-electron chi connectivity index (χ1n) is 5.55. The Labute approximate surface area is 99.6 Å². The summed E-state index contributed by atoms with van der Waals surface area (Å²) in [6, 6.07) is 3.71. The van der Waals surface area contributed by atoms with Crippen LogP contribution in [0.1, 0.15) is 30.1 Å². The molecule has 0 aliphatic heterocycles. The van der Waals surface area contributed by atoms with Crippen molar-refractivity contribution < 1.29 is 14.3 Å². The maximum absolute atomic E-state index is 13.4. The molecule has 17 heavy (non-hydrogen) atoms. The average Bonchev–Trinajstić information content (AvgIpc) is 2.31. The van der Waals surface area contributed by atoms with E-state index in [1.807, 2.05) is 6.92 Å². The molecule has 0 heterocycles. The van der Waals surface area contributed by atoms with Gasteiger partial charge in [-0.15, -0.1) is 0 Å². The molecule has 0 aliphatic carbocycles. The third-order valence-corrected chi connectivity index (χ3v) is 2.54. The molecule has 0 aromatic heterocycles. The lowest BCUT2D eigenvalue weighted by Crippen LogP contribution is -2.35. The first kappa shape index (κ1) is 13.4. The Morgan fingerprint density at radius 1 is 1.59 bits per heavy atom. The largest absolute Gasteiger partial charge is 0.399 e. The molecule has 1 rings (SSSR count). The summed E-state index contributed by atoms with van der Waals surface area (Å²) >= 11 is 0.